The van der Waals surface area contributed by atoms with E-state index in [2.05, 4.69) is 15.6 Å². The number of ketones is 1. The molecule has 1 rings (SSSR count). The number of nitrogens with one attached hydrogen (secondary N) is 2. The third-order valence-corrected chi connectivity index (χ3v) is 3.68. The SMILES string of the molecule is CC(C)(C)OC(=O)NCCCC[C@H](NC(=O)c1cccnc1F)C(=O)CCl. The predicted molar refractivity (Wildman–Crippen MR) is 99.3 cm³/mol. The Bertz CT molecular complexity index is 664. The first-order valence-corrected chi connectivity index (χ1v) is 9.14. The molecule has 7 nitrogen and oxygen atoms in total. The lowest BCUT2D eigenvalue weighted by Crippen LogP contribution is -2.42. The summed E-state index contributed by atoms with van der Waals surface area (Å²) in [6, 6.07) is 1.87. The lowest BCUT2D eigenvalue weighted by molar-refractivity contribution is -0.118. The summed E-state index contributed by atoms with van der Waals surface area (Å²) >= 11 is 5.59. The highest BCUT2D eigenvalue weighted by Crippen LogP contribution is 2.09. The van der Waals surface area contributed by atoms with E-state index in [0.29, 0.717) is 25.8 Å². The Labute approximate surface area is 163 Å². The van der Waals surface area contributed by atoms with Crippen LogP contribution < -0.4 is 10.6 Å². The first-order valence-electron chi connectivity index (χ1n) is 8.61. The number of hydrogen-bond acceptors (Lipinski definition) is 5. The first-order chi connectivity index (χ1) is 12.6. The molecular formula is C18H25ClFN3O4. The van der Waals surface area contributed by atoms with Crippen LogP contribution in [0.3, 0.4) is 0 Å². The third-order valence-electron chi connectivity index (χ3n) is 3.42. The maximum atomic E-state index is 13.6. The van der Waals surface area contributed by atoms with E-state index in [1.807, 2.05) is 0 Å². The van der Waals surface area contributed by atoms with E-state index in [4.69, 9.17) is 16.3 Å². The molecule has 1 aromatic heterocycles. The van der Waals surface area contributed by atoms with Crippen LogP contribution >= 0.6 is 11.6 Å². The second-order valence-electron chi connectivity index (χ2n) is 6.89. The zero-order valence-corrected chi connectivity index (χ0v) is 16.4. The van der Waals surface area contributed by atoms with Gasteiger partial charge in [0.1, 0.15) is 5.60 Å². The van der Waals surface area contributed by atoms with Crippen molar-refractivity contribution in [2.45, 2.75) is 51.7 Å². The molecule has 0 unspecified atom stereocenters. The van der Waals surface area contributed by atoms with Crippen molar-refractivity contribution in [1.82, 2.24) is 15.6 Å². The maximum absolute atomic E-state index is 13.6. The van der Waals surface area contributed by atoms with Crippen LogP contribution in [0.15, 0.2) is 18.3 Å². The molecule has 0 saturated heterocycles. The van der Waals surface area contributed by atoms with Crippen molar-refractivity contribution in [3.05, 3.63) is 29.8 Å². The van der Waals surface area contributed by atoms with Crippen LogP contribution in [0.25, 0.3) is 0 Å². The van der Waals surface area contributed by atoms with E-state index in [9.17, 15) is 18.8 Å². The number of unbranched alkanes of at least 4 members (excludes halogenated alkanes) is 1. The second kappa shape index (κ2) is 10.8. The number of ether oxygens (including phenoxy) is 1. The lowest BCUT2D eigenvalue weighted by atomic mass is 10.1. The van der Waals surface area contributed by atoms with Crippen molar-refractivity contribution in [2.75, 3.05) is 12.4 Å². The van der Waals surface area contributed by atoms with Crippen LogP contribution in [-0.4, -0.2) is 46.8 Å². The number of pyridine rings is 1. The average molecular weight is 402 g/mol. The molecule has 0 aromatic carbocycles. The van der Waals surface area contributed by atoms with Crippen LogP contribution in [0.2, 0.25) is 0 Å². The molecule has 0 radical (unpaired) electrons. The molecular weight excluding hydrogens is 377 g/mol. The fraction of sp³-hybridized carbons (Fsp3) is 0.556. The summed E-state index contributed by atoms with van der Waals surface area (Å²) in [5.41, 5.74) is -0.815. The van der Waals surface area contributed by atoms with Crippen molar-refractivity contribution in [2.24, 2.45) is 0 Å². The zero-order valence-electron chi connectivity index (χ0n) is 15.7. The Kier molecular flexibility index (Phi) is 9.14. The number of hydrogen-bond donors (Lipinski definition) is 2. The number of alkyl carbamates (subject to hydrolysis) is 1. The smallest absolute Gasteiger partial charge is 0.407 e. The standard InChI is InChI=1S/C18H25ClFN3O4/c1-18(2,3)27-17(26)22-9-5-4-8-13(14(24)11-19)23-16(25)12-7-6-10-21-15(12)20/h6-7,10,13H,4-5,8-9,11H2,1-3H3,(H,22,26)(H,23,25)/t13-/m0/s1. The third kappa shape index (κ3) is 8.81. The summed E-state index contributed by atoms with van der Waals surface area (Å²) in [6.45, 7) is 5.66. The molecule has 0 saturated carbocycles. The average Bonchev–Trinajstić information content (AvgIpc) is 2.58. The van der Waals surface area contributed by atoms with Crippen LogP contribution in [0.5, 0.6) is 0 Å². The van der Waals surface area contributed by atoms with Gasteiger partial charge in [-0.05, 0) is 52.2 Å². The van der Waals surface area contributed by atoms with Gasteiger partial charge in [0.2, 0.25) is 5.95 Å². The van der Waals surface area contributed by atoms with E-state index >= 15 is 0 Å². The highest BCUT2D eigenvalue weighted by atomic mass is 35.5. The van der Waals surface area contributed by atoms with Crippen LogP contribution in [0.1, 0.15) is 50.4 Å². The Morgan fingerprint density at radius 2 is 2.00 bits per heavy atom. The number of alkyl halides is 1. The minimum atomic E-state index is -0.909. The molecule has 27 heavy (non-hydrogen) atoms. The minimum absolute atomic E-state index is 0.239. The van der Waals surface area contributed by atoms with Gasteiger partial charge >= 0.3 is 6.09 Å². The molecule has 0 spiro atoms. The first kappa shape index (κ1) is 22.8. The number of Topliss-reactive ketones (excluding diaryl/α,β-unsaturated/α-hetero) is 1. The van der Waals surface area contributed by atoms with Crippen molar-refractivity contribution in [3.63, 3.8) is 0 Å². The van der Waals surface area contributed by atoms with Crippen LogP contribution in [0, 0.1) is 5.95 Å². The Hall–Kier alpha value is -2.22. The summed E-state index contributed by atoms with van der Waals surface area (Å²) in [4.78, 5) is 39.0. The van der Waals surface area contributed by atoms with E-state index in [1.165, 1.54) is 18.3 Å². The molecule has 150 valence electrons. The Morgan fingerprint density at radius 1 is 1.30 bits per heavy atom. The lowest BCUT2D eigenvalue weighted by Gasteiger charge is -2.20. The highest BCUT2D eigenvalue weighted by molar-refractivity contribution is 6.28. The van der Waals surface area contributed by atoms with Gasteiger partial charge in [-0.3, -0.25) is 9.59 Å². The minimum Gasteiger partial charge on any atom is -0.444 e. The van der Waals surface area contributed by atoms with Gasteiger partial charge in [-0.2, -0.15) is 4.39 Å². The van der Waals surface area contributed by atoms with Crippen LogP contribution in [-0.2, 0) is 9.53 Å². The van der Waals surface area contributed by atoms with Crippen molar-refractivity contribution in [1.29, 1.82) is 0 Å². The second-order valence-corrected chi connectivity index (χ2v) is 7.16. The molecule has 0 aliphatic carbocycles. The van der Waals surface area contributed by atoms with Gasteiger partial charge < -0.3 is 15.4 Å². The number of halogens is 2. The Morgan fingerprint density at radius 3 is 2.59 bits per heavy atom. The van der Waals surface area contributed by atoms with Gasteiger partial charge in [0.05, 0.1) is 17.5 Å². The molecule has 1 aromatic rings. The highest BCUT2D eigenvalue weighted by Gasteiger charge is 2.22. The molecule has 0 fully saturated rings. The molecule has 1 heterocycles. The summed E-state index contributed by atoms with van der Waals surface area (Å²) in [5.74, 6) is -2.27. The molecule has 1 atom stereocenters. The zero-order chi connectivity index (χ0) is 20.4. The molecule has 9 heteroatoms. The van der Waals surface area contributed by atoms with Crippen molar-refractivity contribution in [3.8, 4) is 0 Å². The number of carbonyl (C=O) groups is 3. The van der Waals surface area contributed by atoms with Crippen molar-refractivity contribution >= 4 is 29.4 Å². The Balaban J connectivity index is 2.47. The van der Waals surface area contributed by atoms with Gasteiger partial charge in [-0.15, -0.1) is 11.6 Å². The number of rotatable bonds is 9. The number of nitrogens with zero attached hydrogens (tertiary/aromatic N) is 1. The van der Waals surface area contributed by atoms with Gasteiger partial charge in [0.25, 0.3) is 5.91 Å². The van der Waals surface area contributed by atoms with Crippen molar-refractivity contribution < 1.29 is 23.5 Å². The summed E-state index contributed by atoms with van der Waals surface area (Å²) in [5, 5.41) is 5.10. The van der Waals surface area contributed by atoms with E-state index < -0.39 is 29.6 Å². The van der Waals surface area contributed by atoms with E-state index in [-0.39, 0.29) is 17.2 Å². The van der Waals surface area contributed by atoms with Gasteiger partial charge in [-0.1, -0.05) is 0 Å². The molecule has 0 bridgehead atoms. The van der Waals surface area contributed by atoms with E-state index in [0.717, 1.165) is 0 Å². The van der Waals surface area contributed by atoms with Gasteiger partial charge in [0.15, 0.2) is 5.78 Å². The molecule has 2 amide bonds. The van der Waals surface area contributed by atoms with Gasteiger partial charge in [0, 0.05) is 12.7 Å². The van der Waals surface area contributed by atoms with Crippen LogP contribution in [0.4, 0.5) is 9.18 Å². The quantitative estimate of drug-likeness (QED) is 0.376. The molecule has 0 aliphatic heterocycles. The van der Waals surface area contributed by atoms with Gasteiger partial charge in [-0.25, -0.2) is 9.78 Å². The summed E-state index contributed by atoms with van der Waals surface area (Å²) in [7, 11) is 0. The number of aromatic nitrogens is 1. The number of amides is 2. The normalized spacial score (nSPS) is 12.2. The predicted octanol–water partition coefficient (Wildman–Crippen LogP) is 2.82. The summed E-state index contributed by atoms with van der Waals surface area (Å²) < 4.78 is 18.7. The maximum Gasteiger partial charge on any atom is 0.407 e. The topological polar surface area (TPSA) is 97.4 Å². The van der Waals surface area contributed by atoms with E-state index in [1.54, 1.807) is 20.8 Å². The fourth-order valence-corrected chi connectivity index (χ4v) is 2.36. The number of carbonyl (C=O) groups excluding carboxylic acids is 3. The summed E-state index contributed by atoms with van der Waals surface area (Å²) in [6.07, 6.45) is 2.14. The monoisotopic (exact) mass is 401 g/mol. The molecule has 0 aliphatic rings. The molecule has 2 N–H and O–H groups in total. The largest absolute Gasteiger partial charge is 0.444 e. The fourth-order valence-electron chi connectivity index (χ4n) is 2.18.